The van der Waals surface area contributed by atoms with Crippen LogP contribution in [0.4, 0.5) is 11.4 Å². The summed E-state index contributed by atoms with van der Waals surface area (Å²) in [6, 6.07) is 17.9. The number of hydrogen-bond acceptors (Lipinski definition) is 6. The number of anilines is 1. The Morgan fingerprint density at radius 3 is 2.57 bits per heavy atom. The normalized spacial score (nSPS) is 20.2. The quantitative estimate of drug-likeness (QED) is 0.341. The van der Waals surface area contributed by atoms with Gasteiger partial charge in [-0.25, -0.2) is 0 Å². The van der Waals surface area contributed by atoms with Crippen LogP contribution in [0.15, 0.2) is 66.7 Å². The van der Waals surface area contributed by atoms with Gasteiger partial charge < -0.3 is 24.3 Å². The first-order valence-corrected chi connectivity index (χ1v) is 11.9. The highest BCUT2D eigenvalue weighted by molar-refractivity contribution is 6.07. The van der Waals surface area contributed by atoms with Crippen molar-refractivity contribution in [2.24, 2.45) is 0 Å². The van der Waals surface area contributed by atoms with Crippen molar-refractivity contribution in [3.8, 4) is 11.5 Å². The molecule has 0 saturated carbocycles. The minimum atomic E-state index is -0.737. The number of aromatic amines is 1. The maximum absolute atomic E-state index is 13.9. The lowest BCUT2D eigenvalue weighted by Gasteiger charge is -2.47. The fourth-order valence-electron chi connectivity index (χ4n) is 5.67. The molecule has 3 aromatic carbocycles. The van der Waals surface area contributed by atoms with Crippen molar-refractivity contribution in [1.82, 2.24) is 9.88 Å². The molecule has 0 radical (unpaired) electrons. The highest BCUT2D eigenvalue weighted by Gasteiger charge is 2.48. The number of nitro groups is 1. The molecule has 3 aliphatic rings. The maximum atomic E-state index is 13.9. The molecule has 184 valence electrons. The molecule has 0 bridgehead atoms. The fraction of sp³-hybridized carbons (Fsp3) is 0.185. The number of hydrogen-bond donors (Lipinski definition) is 1. The molecule has 10 nitrogen and oxygen atoms in total. The largest absolute Gasteiger partial charge is 0.454 e. The minimum absolute atomic E-state index is 0.0786. The Hall–Kier alpha value is -4.86. The van der Waals surface area contributed by atoms with E-state index in [0.717, 1.165) is 27.7 Å². The number of para-hydroxylation sites is 1. The van der Waals surface area contributed by atoms with Gasteiger partial charge in [-0.1, -0.05) is 24.3 Å². The van der Waals surface area contributed by atoms with Gasteiger partial charge in [-0.3, -0.25) is 19.7 Å². The number of carbonyl (C=O) groups is 2. The third-order valence-corrected chi connectivity index (χ3v) is 7.35. The van der Waals surface area contributed by atoms with Crippen molar-refractivity contribution >= 4 is 34.1 Å². The number of nitrogens with one attached hydrogen (secondary N) is 1. The smallest absolute Gasteiger partial charge is 0.269 e. The van der Waals surface area contributed by atoms with E-state index in [1.165, 1.54) is 29.2 Å². The number of non-ortho nitro benzene ring substituents is 1. The highest BCUT2D eigenvalue weighted by Crippen LogP contribution is 2.45. The fourth-order valence-corrected chi connectivity index (χ4v) is 5.67. The molecule has 37 heavy (non-hydrogen) atoms. The van der Waals surface area contributed by atoms with E-state index in [-0.39, 0.29) is 30.8 Å². The number of benzene rings is 3. The zero-order valence-electron chi connectivity index (χ0n) is 19.4. The molecule has 1 fully saturated rings. The monoisotopic (exact) mass is 496 g/mol. The molecule has 2 atom stereocenters. The molecule has 1 N–H and O–H groups in total. The lowest BCUT2D eigenvalue weighted by Crippen LogP contribution is -2.63. The van der Waals surface area contributed by atoms with Gasteiger partial charge in [0, 0.05) is 40.8 Å². The molecular weight excluding hydrogens is 476 g/mol. The Balaban J connectivity index is 1.35. The molecule has 1 aromatic heterocycles. The zero-order chi connectivity index (χ0) is 25.3. The van der Waals surface area contributed by atoms with Gasteiger partial charge in [-0.05, 0) is 41.5 Å². The van der Waals surface area contributed by atoms with E-state index in [0.29, 0.717) is 23.6 Å². The van der Waals surface area contributed by atoms with Crippen LogP contribution in [0.5, 0.6) is 11.5 Å². The molecule has 7 rings (SSSR count). The molecule has 1 saturated heterocycles. The Kier molecular flexibility index (Phi) is 4.53. The number of nitro benzene ring substituents is 1. The number of H-pyrrole nitrogens is 1. The van der Waals surface area contributed by atoms with Gasteiger partial charge in [0.2, 0.25) is 12.7 Å². The number of amides is 2. The van der Waals surface area contributed by atoms with Gasteiger partial charge in [0.25, 0.3) is 11.6 Å². The average molecular weight is 496 g/mol. The van der Waals surface area contributed by atoms with E-state index >= 15 is 0 Å². The van der Waals surface area contributed by atoms with Crippen molar-refractivity contribution in [3.05, 3.63) is 93.7 Å². The van der Waals surface area contributed by atoms with Gasteiger partial charge in [-0.2, -0.15) is 0 Å². The summed E-state index contributed by atoms with van der Waals surface area (Å²) in [5.74, 6) is 0.795. The van der Waals surface area contributed by atoms with Crippen LogP contribution >= 0.6 is 0 Å². The second kappa shape index (κ2) is 7.82. The van der Waals surface area contributed by atoms with E-state index in [9.17, 15) is 19.7 Å². The molecule has 0 spiro atoms. The van der Waals surface area contributed by atoms with E-state index in [4.69, 9.17) is 9.47 Å². The number of carbonyl (C=O) groups excluding carboxylic acids is 2. The van der Waals surface area contributed by atoms with E-state index in [1.807, 2.05) is 42.5 Å². The average Bonchev–Trinajstić information content (AvgIpc) is 3.53. The van der Waals surface area contributed by atoms with Crippen molar-refractivity contribution in [2.45, 2.75) is 18.5 Å². The molecule has 10 heteroatoms. The summed E-state index contributed by atoms with van der Waals surface area (Å²) in [5.41, 5.74) is 3.99. The first-order chi connectivity index (χ1) is 18.0. The van der Waals surface area contributed by atoms with Gasteiger partial charge in [0.15, 0.2) is 11.5 Å². The number of ether oxygens (including phenoxy) is 2. The van der Waals surface area contributed by atoms with Crippen molar-refractivity contribution in [1.29, 1.82) is 0 Å². The number of piperazine rings is 1. The number of rotatable bonds is 3. The predicted molar refractivity (Wildman–Crippen MR) is 132 cm³/mol. The Bertz CT molecular complexity index is 1610. The standard InChI is InChI=1S/C27H20N4O6/c32-24-13-29(16-6-8-17(9-7-16)31(34)35)27(33)21-12-19-18-3-1-2-4-20(18)28-25(19)26(30(21)24)15-5-10-22-23(11-15)37-14-36-22/h1-11,21,26,28H,12-14H2/t21-,26-/m1/s1. The van der Waals surface area contributed by atoms with Crippen LogP contribution in [-0.4, -0.2) is 46.0 Å². The summed E-state index contributed by atoms with van der Waals surface area (Å²) in [5, 5.41) is 12.1. The molecule has 4 aromatic rings. The maximum Gasteiger partial charge on any atom is 0.269 e. The molecule has 4 heterocycles. The summed E-state index contributed by atoms with van der Waals surface area (Å²) in [7, 11) is 0. The Morgan fingerprint density at radius 2 is 1.76 bits per heavy atom. The van der Waals surface area contributed by atoms with Gasteiger partial charge in [0.05, 0.1) is 11.0 Å². The van der Waals surface area contributed by atoms with Gasteiger partial charge in [-0.15, -0.1) is 0 Å². The van der Waals surface area contributed by atoms with Crippen molar-refractivity contribution < 1.29 is 24.0 Å². The van der Waals surface area contributed by atoms with Crippen molar-refractivity contribution in [3.63, 3.8) is 0 Å². The van der Waals surface area contributed by atoms with Gasteiger partial charge in [0.1, 0.15) is 12.6 Å². The van der Waals surface area contributed by atoms with Crippen LogP contribution in [0.25, 0.3) is 10.9 Å². The van der Waals surface area contributed by atoms with E-state index in [2.05, 4.69) is 4.98 Å². The summed E-state index contributed by atoms with van der Waals surface area (Å²) in [6.45, 7) is -0.0290. The number of fused-ring (bicyclic) bond motifs is 5. The van der Waals surface area contributed by atoms with E-state index in [1.54, 1.807) is 4.90 Å². The summed E-state index contributed by atoms with van der Waals surface area (Å²) in [4.78, 5) is 44.8. The molecule has 3 aliphatic heterocycles. The molecular formula is C27H20N4O6. The molecule has 0 aliphatic carbocycles. The molecule has 0 unspecified atom stereocenters. The summed E-state index contributed by atoms with van der Waals surface area (Å²) >= 11 is 0. The lowest BCUT2D eigenvalue weighted by molar-refractivity contribution is -0.384. The third kappa shape index (κ3) is 3.18. The summed E-state index contributed by atoms with van der Waals surface area (Å²) < 4.78 is 11.1. The van der Waals surface area contributed by atoms with Crippen LogP contribution in [0, 0.1) is 10.1 Å². The highest BCUT2D eigenvalue weighted by atomic mass is 16.7. The predicted octanol–water partition coefficient (Wildman–Crippen LogP) is 3.69. The van der Waals surface area contributed by atoms with Crippen LogP contribution in [0.1, 0.15) is 22.9 Å². The number of nitrogens with zero attached hydrogens (tertiary/aromatic N) is 3. The minimum Gasteiger partial charge on any atom is -0.454 e. The Morgan fingerprint density at radius 1 is 0.973 bits per heavy atom. The van der Waals surface area contributed by atoms with E-state index < -0.39 is 17.0 Å². The lowest BCUT2D eigenvalue weighted by atomic mass is 9.86. The van der Waals surface area contributed by atoms with Crippen LogP contribution < -0.4 is 14.4 Å². The Labute approximate surface area is 210 Å². The first kappa shape index (κ1) is 21.4. The van der Waals surface area contributed by atoms with Crippen molar-refractivity contribution in [2.75, 3.05) is 18.2 Å². The van der Waals surface area contributed by atoms with Crippen LogP contribution in [0.2, 0.25) is 0 Å². The van der Waals surface area contributed by atoms with Gasteiger partial charge >= 0.3 is 0 Å². The third-order valence-electron chi connectivity index (χ3n) is 7.35. The second-order valence-corrected chi connectivity index (χ2v) is 9.30. The van der Waals surface area contributed by atoms with Crippen LogP contribution in [-0.2, 0) is 16.0 Å². The topological polar surface area (TPSA) is 118 Å². The molecule has 2 amide bonds. The van der Waals surface area contributed by atoms with Crippen LogP contribution in [0.3, 0.4) is 0 Å². The first-order valence-electron chi connectivity index (χ1n) is 11.9. The summed E-state index contributed by atoms with van der Waals surface area (Å²) in [6.07, 6.45) is 0.356. The zero-order valence-corrected chi connectivity index (χ0v) is 19.4. The number of aromatic nitrogens is 1. The second-order valence-electron chi connectivity index (χ2n) is 9.30. The SMILES string of the molecule is O=C1[C@H]2Cc3c([nH]c4ccccc34)[C@@H](c3ccc4c(c3)OCO4)N2C(=O)CN1c1ccc([N+](=O)[O-])cc1.